The lowest BCUT2D eigenvalue weighted by Gasteiger charge is -2.17. The third kappa shape index (κ3) is 7.54. The summed E-state index contributed by atoms with van der Waals surface area (Å²) < 4.78 is 12.6. The predicted octanol–water partition coefficient (Wildman–Crippen LogP) is 5.55. The summed E-state index contributed by atoms with van der Waals surface area (Å²) in [6.07, 6.45) is 8.47. The number of aromatic nitrogens is 4. The van der Waals surface area contributed by atoms with Gasteiger partial charge < -0.3 is 24.3 Å². The van der Waals surface area contributed by atoms with E-state index in [1.807, 2.05) is 49.3 Å². The Kier molecular flexibility index (Phi) is 9.86. The van der Waals surface area contributed by atoms with Crippen LogP contribution in [0.4, 0.5) is 11.6 Å². The highest BCUT2D eigenvalue weighted by Crippen LogP contribution is 2.39. The van der Waals surface area contributed by atoms with E-state index >= 15 is 0 Å². The molecule has 10 nitrogen and oxygen atoms in total. The van der Waals surface area contributed by atoms with Crippen molar-refractivity contribution in [1.29, 1.82) is 0 Å². The molecule has 0 aliphatic rings. The summed E-state index contributed by atoms with van der Waals surface area (Å²) in [5, 5.41) is 4.17. The number of nitrogens with zero attached hydrogens (tertiary/aromatic N) is 5. The Labute approximate surface area is 265 Å². The Morgan fingerprint density at radius 1 is 1.00 bits per heavy atom. The molecule has 0 radical (unpaired) electrons. The monoisotopic (exact) mass is 624 g/mol. The van der Waals surface area contributed by atoms with Gasteiger partial charge in [0.25, 0.3) is 5.56 Å². The molecular weight excluding hydrogens is 592 g/mol. The van der Waals surface area contributed by atoms with Crippen molar-refractivity contribution in [3.8, 4) is 22.6 Å². The maximum Gasteiger partial charge on any atom is 0.259 e. The van der Waals surface area contributed by atoms with E-state index < -0.39 is 0 Å². The number of pyridine rings is 2. The second-order valence-corrected chi connectivity index (χ2v) is 11.0. The third-order valence-corrected chi connectivity index (χ3v) is 7.45. The third-order valence-electron chi connectivity index (χ3n) is 7.06. The van der Waals surface area contributed by atoms with Gasteiger partial charge in [-0.1, -0.05) is 41.9 Å². The molecule has 0 saturated heterocycles. The average molecular weight is 625 g/mol. The Bertz CT molecular complexity index is 1920. The van der Waals surface area contributed by atoms with Crippen LogP contribution in [0.5, 0.6) is 11.5 Å². The van der Waals surface area contributed by atoms with Crippen LogP contribution < -0.4 is 20.3 Å². The van der Waals surface area contributed by atoms with Crippen molar-refractivity contribution in [3.05, 3.63) is 112 Å². The molecule has 5 rings (SSSR count). The summed E-state index contributed by atoms with van der Waals surface area (Å²) in [5.74, 6) is 1.96. The minimum atomic E-state index is -0.271. The Hall–Kier alpha value is -5.06. The zero-order valence-electron chi connectivity index (χ0n) is 25.5. The van der Waals surface area contributed by atoms with Gasteiger partial charge in [0, 0.05) is 54.0 Å². The summed E-state index contributed by atoms with van der Waals surface area (Å²) in [7, 11) is 6.94. The second kappa shape index (κ2) is 14.1. The number of allylic oxidation sites excluding steroid dienone is 1. The number of methoxy groups -OCH3 is 2. The van der Waals surface area contributed by atoms with Crippen molar-refractivity contribution >= 4 is 39.9 Å². The molecule has 2 aromatic carbocycles. The maximum atomic E-state index is 14.3. The predicted molar refractivity (Wildman–Crippen MR) is 177 cm³/mol. The summed E-state index contributed by atoms with van der Waals surface area (Å²) in [6.45, 7) is 0.918. The number of benzene rings is 2. The van der Waals surface area contributed by atoms with Crippen LogP contribution in [0, 0.1) is 0 Å². The lowest BCUT2D eigenvalue weighted by atomic mass is 10.0. The number of halogens is 1. The van der Waals surface area contributed by atoms with Crippen molar-refractivity contribution < 1.29 is 14.3 Å². The quantitative estimate of drug-likeness (QED) is 0.179. The van der Waals surface area contributed by atoms with Crippen LogP contribution in [-0.2, 0) is 17.8 Å². The highest BCUT2D eigenvalue weighted by molar-refractivity contribution is 6.35. The van der Waals surface area contributed by atoms with Gasteiger partial charge in [-0.25, -0.2) is 15.0 Å². The molecule has 0 atom stereocenters. The highest BCUT2D eigenvalue weighted by Gasteiger charge is 2.19. The van der Waals surface area contributed by atoms with E-state index in [1.165, 1.54) is 20.5 Å². The average Bonchev–Trinajstić information content (AvgIpc) is 3.03. The molecule has 11 heteroatoms. The summed E-state index contributed by atoms with van der Waals surface area (Å²) in [4.78, 5) is 41.7. The minimum Gasteiger partial charge on any atom is -0.497 e. The first kappa shape index (κ1) is 31.4. The van der Waals surface area contributed by atoms with Crippen LogP contribution in [0.1, 0.15) is 11.1 Å². The van der Waals surface area contributed by atoms with Gasteiger partial charge in [0.15, 0.2) is 5.78 Å². The molecule has 0 fully saturated rings. The van der Waals surface area contributed by atoms with E-state index in [9.17, 15) is 9.59 Å². The normalized spacial score (nSPS) is 11.3. The molecule has 3 aromatic heterocycles. The topological polar surface area (TPSA) is 111 Å². The molecule has 45 heavy (non-hydrogen) atoms. The first-order valence-electron chi connectivity index (χ1n) is 14.2. The van der Waals surface area contributed by atoms with Gasteiger partial charge in [0.05, 0.1) is 31.3 Å². The maximum absolute atomic E-state index is 14.3. The number of nitrogens with one attached hydrogen (secondary N) is 1. The summed E-state index contributed by atoms with van der Waals surface area (Å²) in [5.41, 5.74) is 2.92. The number of ketones is 1. The van der Waals surface area contributed by atoms with E-state index in [1.54, 1.807) is 53.4 Å². The SMILES string of the molecule is COc1cc(OC)c(Cl)c(-c2cc3cnc(Nc4ccncn4)cc3n(Cc3cccc(CC(=O)/C=C/CN(C)C)c3)c2=O)c1. The molecule has 0 spiro atoms. The molecule has 0 unspecified atom stereocenters. The molecule has 3 heterocycles. The van der Waals surface area contributed by atoms with Crippen LogP contribution in [-0.4, -0.2) is 65.1 Å². The lowest BCUT2D eigenvalue weighted by Crippen LogP contribution is -2.23. The molecule has 0 amide bonds. The first-order valence-corrected chi connectivity index (χ1v) is 14.5. The Balaban J connectivity index is 1.60. The van der Waals surface area contributed by atoms with Gasteiger partial charge in [-0.05, 0) is 49.5 Å². The number of hydrogen-bond acceptors (Lipinski definition) is 9. The van der Waals surface area contributed by atoms with Crippen molar-refractivity contribution in [1.82, 2.24) is 24.4 Å². The highest BCUT2D eigenvalue weighted by atomic mass is 35.5. The van der Waals surface area contributed by atoms with Gasteiger partial charge >= 0.3 is 0 Å². The number of rotatable bonds is 12. The van der Waals surface area contributed by atoms with Gasteiger partial charge in [0.1, 0.15) is 29.5 Å². The van der Waals surface area contributed by atoms with E-state index in [4.69, 9.17) is 21.1 Å². The number of likely N-dealkylation sites (N-methyl/N-ethyl adjacent to an activating group) is 1. The molecular formula is C34H33ClN6O4. The van der Waals surface area contributed by atoms with Crippen LogP contribution in [0.3, 0.4) is 0 Å². The smallest absolute Gasteiger partial charge is 0.259 e. The zero-order chi connectivity index (χ0) is 31.9. The van der Waals surface area contributed by atoms with Gasteiger partial charge in [0.2, 0.25) is 0 Å². The molecule has 0 aliphatic heterocycles. The van der Waals surface area contributed by atoms with E-state index in [0.717, 1.165) is 11.1 Å². The number of carbonyl (C=O) groups excluding carboxylic acids is 1. The van der Waals surface area contributed by atoms with E-state index in [-0.39, 0.29) is 24.3 Å². The standard InChI is InChI=1S/C34H33ClN6O4/c1-40(2)12-6-9-25(42)14-22-7-5-8-23(13-22)20-41-29-18-32(39-31-10-11-36-21-38-31)37-19-24(29)15-28(34(41)43)27-16-26(44-3)17-30(45-4)33(27)35/h5-11,13,15-19,21H,12,14,20H2,1-4H3,(H,36,37,38,39)/b9-6+. The lowest BCUT2D eigenvalue weighted by molar-refractivity contribution is -0.114. The van der Waals surface area contributed by atoms with Gasteiger partial charge in [-0.15, -0.1) is 0 Å². The molecule has 230 valence electrons. The van der Waals surface area contributed by atoms with Crippen molar-refractivity contribution in [3.63, 3.8) is 0 Å². The number of carbonyl (C=O) groups is 1. The minimum absolute atomic E-state index is 0.00624. The Morgan fingerprint density at radius 2 is 1.82 bits per heavy atom. The Morgan fingerprint density at radius 3 is 2.56 bits per heavy atom. The van der Waals surface area contributed by atoms with Crippen LogP contribution in [0.15, 0.2) is 90.3 Å². The first-order chi connectivity index (χ1) is 21.7. The van der Waals surface area contributed by atoms with Crippen LogP contribution in [0.2, 0.25) is 5.02 Å². The van der Waals surface area contributed by atoms with Crippen molar-refractivity contribution in [2.45, 2.75) is 13.0 Å². The fourth-order valence-electron chi connectivity index (χ4n) is 4.90. The van der Waals surface area contributed by atoms with Gasteiger partial charge in [-0.3, -0.25) is 9.59 Å². The molecule has 0 bridgehead atoms. The zero-order valence-corrected chi connectivity index (χ0v) is 26.2. The molecule has 1 N–H and O–H groups in total. The van der Waals surface area contributed by atoms with E-state index in [2.05, 4.69) is 20.3 Å². The largest absolute Gasteiger partial charge is 0.497 e. The van der Waals surface area contributed by atoms with Gasteiger partial charge in [-0.2, -0.15) is 0 Å². The summed E-state index contributed by atoms with van der Waals surface area (Å²) in [6, 6.07) is 16.4. The van der Waals surface area contributed by atoms with Crippen molar-refractivity contribution in [2.24, 2.45) is 0 Å². The molecule has 5 aromatic rings. The number of hydrogen-bond donors (Lipinski definition) is 1. The van der Waals surface area contributed by atoms with Crippen molar-refractivity contribution in [2.75, 3.05) is 40.2 Å². The van der Waals surface area contributed by atoms with E-state index in [0.29, 0.717) is 56.7 Å². The fraction of sp³-hybridized carbons (Fsp3) is 0.206. The summed E-state index contributed by atoms with van der Waals surface area (Å²) >= 11 is 6.74. The van der Waals surface area contributed by atoms with Crippen LogP contribution >= 0.6 is 11.6 Å². The van der Waals surface area contributed by atoms with Crippen LogP contribution in [0.25, 0.3) is 22.0 Å². The molecule has 0 aliphatic carbocycles. The number of ether oxygens (including phenoxy) is 2. The number of anilines is 2. The molecule has 0 saturated carbocycles. The fourth-order valence-corrected chi connectivity index (χ4v) is 5.19. The second-order valence-electron chi connectivity index (χ2n) is 10.6. The number of fused-ring (bicyclic) bond motifs is 1.